The summed E-state index contributed by atoms with van der Waals surface area (Å²) in [6.45, 7) is 1.80. The maximum absolute atomic E-state index is 13.8. The van der Waals surface area contributed by atoms with Crippen LogP contribution in [0.15, 0.2) is 12.5 Å². The largest absolute Gasteiger partial charge is 0.478 e. The number of aryl methyl sites for hydroxylation is 2. The fourth-order valence-corrected chi connectivity index (χ4v) is 4.16. The highest BCUT2D eigenvalue weighted by atomic mass is 19.1. The Morgan fingerprint density at radius 2 is 2.13 bits per heavy atom. The molecule has 0 bridgehead atoms. The van der Waals surface area contributed by atoms with Crippen LogP contribution in [0.5, 0.6) is 5.88 Å². The number of methoxy groups -OCH3 is 1. The van der Waals surface area contributed by atoms with E-state index in [1.165, 1.54) is 19.3 Å². The fourth-order valence-electron chi connectivity index (χ4n) is 4.16. The van der Waals surface area contributed by atoms with Crippen LogP contribution in [0.25, 0.3) is 11.2 Å². The minimum absolute atomic E-state index is 0.317. The van der Waals surface area contributed by atoms with Gasteiger partial charge < -0.3 is 19.5 Å². The molecule has 9 nitrogen and oxygen atoms in total. The van der Waals surface area contributed by atoms with Gasteiger partial charge in [-0.1, -0.05) is 19.3 Å². The molecule has 0 aromatic carbocycles. The molecule has 1 unspecified atom stereocenters. The first-order chi connectivity index (χ1) is 14.6. The van der Waals surface area contributed by atoms with Gasteiger partial charge in [0.1, 0.15) is 11.9 Å². The van der Waals surface area contributed by atoms with Crippen molar-refractivity contribution in [3.05, 3.63) is 12.5 Å². The van der Waals surface area contributed by atoms with E-state index in [0.29, 0.717) is 48.4 Å². The first-order valence-electron chi connectivity index (χ1n) is 10.6. The Kier molecular flexibility index (Phi) is 4.92. The molecule has 2 aliphatic rings. The van der Waals surface area contributed by atoms with E-state index in [2.05, 4.69) is 20.0 Å². The number of halogens is 1. The van der Waals surface area contributed by atoms with Crippen LogP contribution in [0.3, 0.4) is 0 Å². The molecule has 0 amide bonds. The van der Waals surface area contributed by atoms with Crippen molar-refractivity contribution in [1.29, 1.82) is 0 Å². The van der Waals surface area contributed by atoms with Crippen molar-refractivity contribution in [3.63, 3.8) is 0 Å². The number of fused-ring (bicyclic) bond motifs is 1. The summed E-state index contributed by atoms with van der Waals surface area (Å²) < 4.78 is 23.0. The van der Waals surface area contributed by atoms with E-state index in [1.54, 1.807) is 11.8 Å². The number of aromatic nitrogens is 6. The van der Waals surface area contributed by atoms with Crippen molar-refractivity contribution in [1.82, 2.24) is 29.3 Å². The van der Waals surface area contributed by atoms with Crippen molar-refractivity contribution >= 4 is 28.6 Å². The molecule has 10 heteroatoms. The molecule has 1 aliphatic heterocycles. The lowest BCUT2D eigenvalue weighted by Crippen LogP contribution is -2.23. The molecule has 4 heterocycles. The van der Waals surface area contributed by atoms with Gasteiger partial charge in [-0.15, -0.1) is 5.10 Å². The molecule has 3 aromatic heterocycles. The van der Waals surface area contributed by atoms with E-state index in [9.17, 15) is 4.39 Å². The molecule has 1 atom stereocenters. The average molecular weight is 414 g/mol. The van der Waals surface area contributed by atoms with Crippen LogP contribution in [0.4, 0.5) is 21.8 Å². The highest BCUT2D eigenvalue weighted by molar-refractivity contribution is 5.87. The zero-order valence-corrected chi connectivity index (χ0v) is 17.4. The number of imidazole rings is 1. The highest BCUT2D eigenvalue weighted by Gasteiger charge is 2.26. The van der Waals surface area contributed by atoms with Gasteiger partial charge in [-0.05, 0) is 18.8 Å². The second-order valence-corrected chi connectivity index (χ2v) is 8.25. The normalized spacial score (nSPS) is 19.4. The molecule has 5 rings (SSSR count). The van der Waals surface area contributed by atoms with E-state index < -0.39 is 6.17 Å². The topological polar surface area (TPSA) is 85.9 Å². The standard InChI is InChI=1S/C20H27FN8O/c1-27-11-15(19(26-27)30-2)23-17-16-18(25-20(24-17)28-9-7-14(21)10-28)29(12-22-16)8-6-13-4-3-5-13/h11-14H,3-10H2,1-2H3,(H,23,24,25). The quantitative estimate of drug-likeness (QED) is 0.636. The first-order valence-corrected chi connectivity index (χ1v) is 10.6. The number of nitrogens with one attached hydrogen (secondary N) is 1. The van der Waals surface area contributed by atoms with E-state index in [0.717, 1.165) is 24.5 Å². The van der Waals surface area contributed by atoms with Crippen molar-refractivity contribution in [3.8, 4) is 5.88 Å². The second kappa shape index (κ2) is 7.73. The number of alkyl halides is 1. The van der Waals surface area contributed by atoms with Crippen molar-refractivity contribution in [2.75, 3.05) is 30.4 Å². The van der Waals surface area contributed by atoms with Gasteiger partial charge >= 0.3 is 0 Å². The number of nitrogens with zero attached hydrogens (tertiary/aromatic N) is 7. The molecule has 30 heavy (non-hydrogen) atoms. The maximum atomic E-state index is 13.8. The molecular weight excluding hydrogens is 387 g/mol. The molecule has 1 saturated heterocycles. The molecule has 1 saturated carbocycles. The number of hydrogen-bond donors (Lipinski definition) is 1. The van der Waals surface area contributed by atoms with Gasteiger partial charge in [0.25, 0.3) is 5.88 Å². The minimum Gasteiger partial charge on any atom is -0.478 e. The minimum atomic E-state index is -0.845. The number of ether oxygens (including phenoxy) is 1. The third-order valence-electron chi connectivity index (χ3n) is 6.11. The molecular formula is C20H27FN8O. The van der Waals surface area contributed by atoms with Gasteiger partial charge in [0, 0.05) is 20.1 Å². The summed E-state index contributed by atoms with van der Waals surface area (Å²) in [7, 11) is 3.41. The van der Waals surface area contributed by atoms with Gasteiger partial charge in [-0.2, -0.15) is 9.97 Å². The number of anilines is 3. The van der Waals surface area contributed by atoms with Crippen molar-refractivity contribution in [2.24, 2.45) is 13.0 Å². The summed E-state index contributed by atoms with van der Waals surface area (Å²) in [6.07, 6.45) is 8.40. The van der Waals surface area contributed by atoms with Gasteiger partial charge in [0.05, 0.1) is 26.2 Å². The highest BCUT2D eigenvalue weighted by Crippen LogP contribution is 2.32. The van der Waals surface area contributed by atoms with Crippen LogP contribution < -0.4 is 15.0 Å². The van der Waals surface area contributed by atoms with Crippen LogP contribution in [0.2, 0.25) is 0 Å². The van der Waals surface area contributed by atoms with Gasteiger partial charge in [0.2, 0.25) is 5.95 Å². The second-order valence-electron chi connectivity index (χ2n) is 8.25. The monoisotopic (exact) mass is 414 g/mol. The lowest BCUT2D eigenvalue weighted by atomic mass is 9.83. The Bertz CT molecular complexity index is 1040. The molecule has 3 aromatic rings. The lowest BCUT2D eigenvalue weighted by Gasteiger charge is -2.25. The summed E-state index contributed by atoms with van der Waals surface area (Å²) in [6, 6.07) is 0. The average Bonchev–Trinajstić information content (AvgIpc) is 3.39. The summed E-state index contributed by atoms with van der Waals surface area (Å²) in [5.74, 6) is 2.37. The molecule has 1 N–H and O–H groups in total. The molecule has 0 radical (unpaired) electrons. The zero-order valence-electron chi connectivity index (χ0n) is 17.4. The van der Waals surface area contributed by atoms with Crippen LogP contribution >= 0.6 is 0 Å². The Balaban J connectivity index is 1.52. The van der Waals surface area contributed by atoms with Gasteiger partial charge in [-0.3, -0.25) is 4.68 Å². The van der Waals surface area contributed by atoms with Gasteiger partial charge in [-0.25, -0.2) is 9.37 Å². The summed E-state index contributed by atoms with van der Waals surface area (Å²) in [5.41, 5.74) is 2.15. The predicted octanol–water partition coefficient (Wildman–Crippen LogP) is 3.05. The van der Waals surface area contributed by atoms with E-state index >= 15 is 0 Å². The molecule has 0 spiro atoms. The van der Waals surface area contributed by atoms with Crippen LogP contribution in [-0.2, 0) is 13.6 Å². The van der Waals surface area contributed by atoms with Crippen LogP contribution in [-0.4, -0.2) is 55.7 Å². The van der Waals surface area contributed by atoms with E-state index in [-0.39, 0.29) is 0 Å². The zero-order chi connectivity index (χ0) is 20.7. The smallest absolute Gasteiger partial charge is 0.256 e. The van der Waals surface area contributed by atoms with Crippen LogP contribution in [0.1, 0.15) is 32.1 Å². The van der Waals surface area contributed by atoms with Gasteiger partial charge in [0.15, 0.2) is 17.0 Å². The summed E-state index contributed by atoms with van der Waals surface area (Å²) in [4.78, 5) is 16.0. The molecule has 1 aliphatic carbocycles. The Morgan fingerprint density at radius 3 is 2.83 bits per heavy atom. The van der Waals surface area contributed by atoms with Crippen molar-refractivity contribution < 1.29 is 9.13 Å². The maximum Gasteiger partial charge on any atom is 0.256 e. The Labute approximate surface area is 174 Å². The fraction of sp³-hybridized carbons (Fsp3) is 0.600. The number of rotatable bonds is 7. The van der Waals surface area contributed by atoms with E-state index in [1.807, 2.05) is 24.5 Å². The molecule has 2 fully saturated rings. The SMILES string of the molecule is COc1nn(C)cc1Nc1nc(N2CCC(F)C2)nc2c1ncn2CCC1CCC1. The Morgan fingerprint density at radius 1 is 1.27 bits per heavy atom. The first kappa shape index (κ1) is 19.1. The molecule has 160 valence electrons. The summed E-state index contributed by atoms with van der Waals surface area (Å²) >= 11 is 0. The van der Waals surface area contributed by atoms with Crippen molar-refractivity contribution in [2.45, 2.75) is 44.8 Å². The third kappa shape index (κ3) is 3.54. The predicted molar refractivity (Wildman–Crippen MR) is 112 cm³/mol. The number of hydrogen-bond acceptors (Lipinski definition) is 7. The lowest BCUT2D eigenvalue weighted by molar-refractivity contribution is 0.283. The summed E-state index contributed by atoms with van der Waals surface area (Å²) in [5, 5.41) is 7.60. The third-order valence-corrected chi connectivity index (χ3v) is 6.11. The Hall–Kier alpha value is -2.91. The van der Waals surface area contributed by atoms with E-state index in [4.69, 9.17) is 14.7 Å². The van der Waals surface area contributed by atoms with Crippen LogP contribution in [0, 0.1) is 5.92 Å².